The molecular weight excluding hydrogens is 396 g/mol. The summed E-state index contributed by atoms with van der Waals surface area (Å²) in [5, 5.41) is 11.7. The van der Waals surface area contributed by atoms with E-state index in [4.69, 9.17) is 9.47 Å². The minimum Gasteiger partial charge on any atom is -0.493 e. The van der Waals surface area contributed by atoms with Crippen molar-refractivity contribution in [1.29, 1.82) is 0 Å². The molecule has 0 bridgehead atoms. The van der Waals surface area contributed by atoms with E-state index in [2.05, 4.69) is 25.4 Å². The van der Waals surface area contributed by atoms with Crippen LogP contribution in [0.3, 0.4) is 0 Å². The highest BCUT2D eigenvalue weighted by Gasteiger charge is 2.26. The molecule has 1 saturated heterocycles. The van der Waals surface area contributed by atoms with Gasteiger partial charge in [0.05, 0.1) is 19.8 Å². The number of hydrogen-bond acceptors (Lipinski definition) is 8. The van der Waals surface area contributed by atoms with Crippen molar-refractivity contribution in [2.24, 2.45) is 0 Å². The molecule has 0 atom stereocenters. The maximum atomic E-state index is 13.0. The molecule has 0 saturated carbocycles. The number of para-hydroxylation sites is 1. The van der Waals surface area contributed by atoms with Gasteiger partial charge in [0.25, 0.3) is 5.91 Å². The van der Waals surface area contributed by atoms with E-state index in [1.54, 1.807) is 31.5 Å². The lowest BCUT2D eigenvalue weighted by Gasteiger charge is -2.35. The average molecular weight is 420 g/mol. The molecule has 0 unspecified atom stereocenters. The largest absolute Gasteiger partial charge is 0.493 e. The maximum absolute atomic E-state index is 13.0. The number of piperazine rings is 1. The Bertz CT molecular complexity index is 1020. The summed E-state index contributed by atoms with van der Waals surface area (Å²) < 4.78 is 10.7. The van der Waals surface area contributed by atoms with E-state index in [1.165, 1.54) is 7.11 Å². The van der Waals surface area contributed by atoms with Gasteiger partial charge in [-0.1, -0.05) is 12.1 Å². The van der Waals surface area contributed by atoms with Crippen molar-refractivity contribution >= 4 is 23.4 Å². The molecule has 1 amide bonds. The third kappa shape index (κ3) is 4.50. The Labute approximate surface area is 180 Å². The Morgan fingerprint density at radius 2 is 1.74 bits per heavy atom. The molecule has 0 spiro atoms. The Morgan fingerprint density at radius 1 is 0.903 bits per heavy atom. The van der Waals surface area contributed by atoms with Gasteiger partial charge in [-0.15, -0.1) is 10.2 Å². The Kier molecular flexibility index (Phi) is 6.11. The molecule has 0 radical (unpaired) electrons. The van der Waals surface area contributed by atoms with Gasteiger partial charge < -0.3 is 24.6 Å². The lowest BCUT2D eigenvalue weighted by atomic mass is 10.1. The molecule has 31 heavy (non-hydrogen) atoms. The minimum absolute atomic E-state index is 0.0728. The fraction of sp³-hybridized carbons (Fsp3) is 0.273. The number of ether oxygens (including phenoxy) is 2. The monoisotopic (exact) mass is 420 g/mol. The summed E-state index contributed by atoms with van der Waals surface area (Å²) in [6, 6.07) is 14.7. The standard InChI is InChI=1S/C22H24N6O3/c1-30-17-7-5-6-16(21(17)31-2)22(29)28-14-12-27(13-15-28)20-10-9-19(25-26-20)24-18-8-3-4-11-23-18/h3-11H,12-15H2,1-2H3,(H,23,24,25). The van der Waals surface area contributed by atoms with Gasteiger partial charge in [-0.05, 0) is 36.4 Å². The van der Waals surface area contributed by atoms with Crippen molar-refractivity contribution in [3.63, 3.8) is 0 Å². The van der Waals surface area contributed by atoms with Crippen LogP contribution in [0.15, 0.2) is 54.7 Å². The molecule has 1 aliphatic heterocycles. The van der Waals surface area contributed by atoms with Crippen molar-refractivity contribution in [3.8, 4) is 11.5 Å². The number of pyridine rings is 1. The first kappa shape index (κ1) is 20.4. The van der Waals surface area contributed by atoms with Gasteiger partial charge in [-0.25, -0.2) is 4.98 Å². The number of nitrogens with one attached hydrogen (secondary N) is 1. The van der Waals surface area contributed by atoms with Crippen LogP contribution < -0.4 is 19.7 Å². The number of nitrogens with zero attached hydrogens (tertiary/aromatic N) is 5. The summed E-state index contributed by atoms with van der Waals surface area (Å²) in [4.78, 5) is 21.2. The Balaban J connectivity index is 1.38. The fourth-order valence-corrected chi connectivity index (χ4v) is 3.49. The predicted octanol–water partition coefficient (Wildman–Crippen LogP) is 2.59. The van der Waals surface area contributed by atoms with Gasteiger partial charge >= 0.3 is 0 Å². The number of benzene rings is 1. The van der Waals surface area contributed by atoms with Crippen molar-refractivity contribution < 1.29 is 14.3 Å². The number of rotatable bonds is 6. The lowest BCUT2D eigenvalue weighted by Crippen LogP contribution is -2.49. The van der Waals surface area contributed by atoms with Gasteiger partial charge in [0.15, 0.2) is 23.1 Å². The lowest BCUT2D eigenvalue weighted by molar-refractivity contribution is 0.0742. The molecule has 9 heteroatoms. The van der Waals surface area contributed by atoms with Gasteiger partial charge in [0, 0.05) is 32.4 Å². The third-order valence-electron chi connectivity index (χ3n) is 5.10. The normalized spacial score (nSPS) is 13.6. The number of aromatic nitrogens is 3. The molecule has 9 nitrogen and oxygen atoms in total. The Hall–Kier alpha value is -3.88. The highest BCUT2D eigenvalue weighted by molar-refractivity contribution is 5.98. The molecular formula is C22H24N6O3. The number of amides is 1. The van der Waals surface area contributed by atoms with Crippen LogP contribution in [0.2, 0.25) is 0 Å². The van der Waals surface area contributed by atoms with Crippen LogP contribution in [0.4, 0.5) is 17.5 Å². The number of anilines is 3. The van der Waals surface area contributed by atoms with E-state index >= 15 is 0 Å². The summed E-state index contributed by atoms with van der Waals surface area (Å²) in [6.45, 7) is 2.49. The van der Waals surface area contributed by atoms with E-state index in [0.29, 0.717) is 54.9 Å². The predicted molar refractivity (Wildman–Crippen MR) is 117 cm³/mol. The molecule has 0 aliphatic carbocycles. The molecule has 1 N–H and O–H groups in total. The summed E-state index contributed by atoms with van der Waals surface area (Å²) in [5.74, 6) is 3.04. The zero-order chi connectivity index (χ0) is 21.6. The van der Waals surface area contributed by atoms with Crippen LogP contribution >= 0.6 is 0 Å². The van der Waals surface area contributed by atoms with Crippen LogP contribution in [0, 0.1) is 0 Å². The molecule has 3 heterocycles. The highest BCUT2D eigenvalue weighted by atomic mass is 16.5. The molecule has 1 aromatic carbocycles. The van der Waals surface area contributed by atoms with Gasteiger partial charge in [0.2, 0.25) is 0 Å². The zero-order valence-corrected chi connectivity index (χ0v) is 17.5. The van der Waals surface area contributed by atoms with Gasteiger partial charge in [-0.3, -0.25) is 4.79 Å². The van der Waals surface area contributed by atoms with Crippen LogP contribution in [-0.2, 0) is 0 Å². The van der Waals surface area contributed by atoms with Gasteiger partial charge in [-0.2, -0.15) is 0 Å². The molecule has 1 fully saturated rings. The first-order chi connectivity index (χ1) is 15.2. The van der Waals surface area contributed by atoms with E-state index < -0.39 is 0 Å². The second-order valence-corrected chi connectivity index (χ2v) is 6.94. The topological polar surface area (TPSA) is 92.7 Å². The molecule has 1 aliphatic rings. The minimum atomic E-state index is -0.0728. The average Bonchev–Trinajstić information content (AvgIpc) is 2.84. The quantitative estimate of drug-likeness (QED) is 0.651. The smallest absolute Gasteiger partial charge is 0.257 e. The zero-order valence-electron chi connectivity index (χ0n) is 17.5. The van der Waals surface area contributed by atoms with E-state index in [9.17, 15) is 4.79 Å². The first-order valence-corrected chi connectivity index (χ1v) is 9.96. The van der Waals surface area contributed by atoms with Crippen LogP contribution in [0.25, 0.3) is 0 Å². The second kappa shape index (κ2) is 9.29. The third-order valence-corrected chi connectivity index (χ3v) is 5.10. The number of carbonyl (C=O) groups is 1. The van der Waals surface area contributed by atoms with Crippen molar-refractivity contribution in [2.45, 2.75) is 0 Å². The molecule has 4 rings (SSSR count). The van der Waals surface area contributed by atoms with E-state index in [1.807, 2.05) is 35.2 Å². The number of hydrogen-bond donors (Lipinski definition) is 1. The molecule has 2 aromatic heterocycles. The molecule has 160 valence electrons. The van der Waals surface area contributed by atoms with E-state index in [-0.39, 0.29) is 5.91 Å². The van der Waals surface area contributed by atoms with Crippen molar-refractivity contribution in [1.82, 2.24) is 20.1 Å². The van der Waals surface area contributed by atoms with E-state index in [0.717, 1.165) is 5.82 Å². The number of carbonyl (C=O) groups excluding carboxylic acids is 1. The second-order valence-electron chi connectivity index (χ2n) is 6.94. The summed E-state index contributed by atoms with van der Waals surface area (Å²) in [6.07, 6.45) is 1.71. The van der Waals surface area contributed by atoms with Crippen LogP contribution in [0.5, 0.6) is 11.5 Å². The maximum Gasteiger partial charge on any atom is 0.257 e. The van der Waals surface area contributed by atoms with Crippen LogP contribution in [-0.4, -0.2) is 66.4 Å². The number of methoxy groups -OCH3 is 2. The van der Waals surface area contributed by atoms with Crippen molar-refractivity contribution in [3.05, 3.63) is 60.3 Å². The summed E-state index contributed by atoms with van der Waals surface area (Å²) in [7, 11) is 3.10. The van der Waals surface area contributed by atoms with Crippen molar-refractivity contribution in [2.75, 3.05) is 50.6 Å². The Morgan fingerprint density at radius 3 is 2.39 bits per heavy atom. The first-order valence-electron chi connectivity index (χ1n) is 9.96. The van der Waals surface area contributed by atoms with Crippen LogP contribution in [0.1, 0.15) is 10.4 Å². The van der Waals surface area contributed by atoms with Gasteiger partial charge in [0.1, 0.15) is 5.82 Å². The SMILES string of the molecule is COc1cccc(C(=O)N2CCN(c3ccc(Nc4ccccn4)nn3)CC2)c1OC. The fourth-order valence-electron chi connectivity index (χ4n) is 3.49. The summed E-state index contributed by atoms with van der Waals surface area (Å²) in [5.41, 5.74) is 0.500. The highest BCUT2D eigenvalue weighted by Crippen LogP contribution is 2.31. The molecule has 3 aromatic rings. The summed E-state index contributed by atoms with van der Waals surface area (Å²) >= 11 is 0.